The van der Waals surface area contributed by atoms with Crippen molar-refractivity contribution in [3.8, 4) is 5.75 Å². The maximum absolute atomic E-state index is 12.3. The Morgan fingerprint density at radius 1 is 1.14 bits per heavy atom. The van der Waals surface area contributed by atoms with Crippen LogP contribution in [0.5, 0.6) is 5.75 Å². The summed E-state index contributed by atoms with van der Waals surface area (Å²) in [6.45, 7) is 6.83. The molecule has 0 radical (unpaired) electrons. The summed E-state index contributed by atoms with van der Waals surface area (Å²) in [4.78, 5) is 24.4. The molecule has 1 aliphatic rings. The molecule has 0 unspecified atom stereocenters. The lowest BCUT2D eigenvalue weighted by Gasteiger charge is -2.36. The minimum absolute atomic E-state index is 0.124. The quantitative estimate of drug-likeness (QED) is 0.714. The van der Waals surface area contributed by atoms with Gasteiger partial charge in [0.2, 0.25) is 0 Å². The Morgan fingerprint density at radius 2 is 1.93 bits per heavy atom. The molecule has 1 aromatic heterocycles. The smallest absolute Gasteiger partial charge is 0.258 e. The van der Waals surface area contributed by atoms with Crippen molar-refractivity contribution < 1.29 is 4.74 Å². The van der Waals surface area contributed by atoms with E-state index in [0.717, 1.165) is 37.6 Å². The summed E-state index contributed by atoms with van der Waals surface area (Å²) in [5.74, 6) is 1.60. The van der Waals surface area contributed by atoms with Gasteiger partial charge in [0.1, 0.15) is 11.6 Å². The van der Waals surface area contributed by atoms with Crippen LogP contribution in [0.1, 0.15) is 12.7 Å². The number of rotatable bonds is 5. The highest BCUT2D eigenvalue weighted by Gasteiger charge is 2.20. The van der Waals surface area contributed by atoms with Gasteiger partial charge in [-0.25, -0.2) is 4.98 Å². The summed E-state index contributed by atoms with van der Waals surface area (Å²) in [7, 11) is 0. The number of piperazine rings is 1. The fourth-order valence-corrected chi connectivity index (χ4v) is 3.76. The fourth-order valence-electron chi connectivity index (χ4n) is 3.59. The molecule has 2 aromatic carbocycles. The lowest BCUT2D eigenvalue weighted by atomic mass is 10.2. The van der Waals surface area contributed by atoms with Gasteiger partial charge in [-0.15, -0.1) is 0 Å². The lowest BCUT2D eigenvalue weighted by Crippen LogP contribution is -2.46. The van der Waals surface area contributed by atoms with E-state index in [-0.39, 0.29) is 5.56 Å². The Labute approximate surface area is 168 Å². The minimum Gasteiger partial charge on any atom is -0.492 e. The maximum atomic E-state index is 12.3. The number of H-pyrrole nitrogens is 1. The molecule has 0 bridgehead atoms. The molecular weight excluding hydrogens is 376 g/mol. The van der Waals surface area contributed by atoms with E-state index in [4.69, 9.17) is 16.3 Å². The number of ether oxygens (including phenoxy) is 1. The maximum Gasteiger partial charge on any atom is 0.258 e. The number of nitrogens with one attached hydrogen (secondary N) is 1. The van der Waals surface area contributed by atoms with Crippen molar-refractivity contribution in [2.75, 3.05) is 37.7 Å². The normalized spacial score (nSPS) is 15.1. The average molecular weight is 399 g/mol. The summed E-state index contributed by atoms with van der Waals surface area (Å²) >= 11 is 6.05. The SMILES string of the molecule is CCOc1ccccc1N1CCN(Cc2nc3cc(Cl)ccc3c(=O)[nH]2)CC1. The van der Waals surface area contributed by atoms with E-state index >= 15 is 0 Å². The first-order valence-electron chi connectivity index (χ1n) is 9.51. The number of fused-ring (bicyclic) bond motifs is 1. The predicted octanol–water partition coefficient (Wildman–Crippen LogP) is 3.30. The summed E-state index contributed by atoms with van der Waals surface area (Å²) in [6, 6.07) is 13.3. The minimum atomic E-state index is -0.124. The fraction of sp³-hybridized carbons (Fsp3) is 0.333. The summed E-state index contributed by atoms with van der Waals surface area (Å²) in [5, 5.41) is 1.14. The van der Waals surface area contributed by atoms with E-state index in [2.05, 4.69) is 25.8 Å². The van der Waals surface area contributed by atoms with E-state index in [1.807, 2.05) is 25.1 Å². The second kappa shape index (κ2) is 8.20. The third-order valence-corrected chi connectivity index (χ3v) is 5.20. The van der Waals surface area contributed by atoms with Crippen molar-refractivity contribution >= 4 is 28.2 Å². The highest BCUT2D eigenvalue weighted by Crippen LogP contribution is 2.29. The van der Waals surface area contributed by atoms with Crippen LogP contribution in [0.4, 0.5) is 5.69 Å². The van der Waals surface area contributed by atoms with Gasteiger partial charge in [0.15, 0.2) is 0 Å². The average Bonchev–Trinajstić information content (AvgIpc) is 2.69. The number of hydrogen-bond donors (Lipinski definition) is 1. The van der Waals surface area contributed by atoms with E-state index in [9.17, 15) is 4.79 Å². The highest BCUT2D eigenvalue weighted by molar-refractivity contribution is 6.31. The third kappa shape index (κ3) is 3.98. The molecule has 1 aliphatic heterocycles. The van der Waals surface area contributed by atoms with Crippen LogP contribution in [0.15, 0.2) is 47.3 Å². The number of nitrogens with zero attached hydrogens (tertiary/aromatic N) is 3. The van der Waals surface area contributed by atoms with Gasteiger partial charge in [-0.2, -0.15) is 0 Å². The molecule has 7 heteroatoms. The highest BCUT2D eigenvalue weighted by atomic mass is 35.5. The topological polar surface area (TPSA) is 61.5 Å². The van der Waals surface area contributed by atoms with Crippen LogP contribution < -0.4 is 15.2 Å². The molecule has 2 heterocycles. The molecule has 0 amide bonds. The summed E-state index contributed by atoms with van der Waals surface area (Å²) in [6.07, 6.45) is 0. The number of anilines is 1. The second-order valence-electron chi connectivity index (χ2n) is 6.84. The second-order valence-corrected chi connectivity index (χ2v) is 7.27. The zero-order valence-electron chi connectivity index (χ0n) is 15.8. The molecule has 0 aliphatic carbocycles. The molecule has 1 N–H and O–H groups in total. The van der Waals surface area contributed by atoms with E-state index < -0.39 is 0 Å². The molecule has 1 fully saturated rings. The molecular formula is C21H23ClN4O2. The molecule has 0 spiro atoms. The molecule has 0 atom stereocenters. The zero-order valence-corrected chi connectivity index (χ0v) is 16.6. The van der Waals surface area contributed by atoms with Crippen molar-refractivity contribution in [2.24, 2.45) is 0 Å². The van der Waals surface area contributed by atoms with Crippen LogP contribution >= 0.6 is 11.6 Å². The van der Waals surface area contributed by atoms with Crippen LogP contribution in [0, 0.1) is 0 Å². The molecule has 1 saturated heterocycles. The number of benzene rings is 2. The van der Waals surface area contributed by atoms with Crippen LogP contribution in [0.25, 0.3) is 10.9 Å². The molecule has 28 heavy (non-hydrogen) atoms. The van der Waals surface area contributed by atoms with Crippen LogP contribution in [0.3, 0.4) is 0 Å². The van der Waals surface area contributed by atoms with Crippen molar-refractivity contribution in [3.05, 3.63) is 63.7 Å². The number of hydrogen-bond acceptors (Lipinski definition) is 5. The first-order chi connectivity index (χ1) is 13.6. The van der Waals surface area contributed by atoms with Crippen LogP contribution in [0.2, 0.25) is 5.02 Å². The van der Waals surface area contributed by atoms with Crippen molar-refractivity contribution in [2.45, 2.75) is 13.5 Å². The Bertz CT molecular complexity index is 1030. The Balaban J connectivity index is 1.45. The van der Waals surface area contributed by atoms with Gasteiger partial charge in [-0.05, 0) is 37.3 Å². The van der Waals surface area contributed by atoms with E-state index in [1.165, 1.54) is 0 Å². The van der Waals surface area contributed by atoms with Gasteiger partial charge in [-0.1, -0.05) is 23.7 Å². The Morgan fingerprint density at radius 3 is 2.71 bits per heavy atom. The molecule has 3 aromatic rings. The van der Waals surface area contributed by atoms with Crippen LogP contribution in [-0.4, -0.2) is 47.7 Å². The molecule has 0 saturated carbocycles. The lowest BCUT2D eigenvalue weighted by molar-refractivity contribution is 0.243. The van der Waals surface area contributed by atoms with Crippen molar-refractivity contribution in [1.82, 2.24) is 14.9 Å². The number of aromatic nitrogens is 2. The van der Waals surface area contributed by atoms with Gasteiger partial charge in [0.25, 0.3) is 5.56 Å². The third-order valence-electron chi connectivity index (χ3n) is 4.97. The monoisotopic (exact) mass is 398 g/mol. The van der Waals surface area contributed by atoms with E-state index in [1.54, 1.807) is 18.2 Å². The Hall–Kier alpha value is -2.57. The van der Waals surface area contributed by atoms with Crippen LogP contribution in [-0.2, 0) is 6.54 Å². The van der Waals surface area contributed by atoms with Gasteiger partial charge >= 0.3 is 0 Å². The predicted molar refractivity (Wildman–Crippen MR) is 112 cm³/mol. The van der Waals surface area contributed by atoms with Gasteiger partial charge in [0.05, 0.1) is 29.7 Å². The number of aromatic amines is 1. The summed E-state index contributed by atoms with van der Waals surface area (Å²) in [5.41, 5.74) is 1.65. The van der Waals surface area contributed by atoms with Crippen molar-refractivity contribution in [3.63, 3.8) is 0 Å². The number of para-hydroxylation sites is 2. The molecule has 6 nitrogen and oxygen atoms in total. The molecule has 4 rings (SSSR count). The van der Waals surface area contributed by atoms with Gasteiger partial charge in [-0.3, -0.25) is 9.69 Å². The Kier molecular flexibility index (Phi) is 5.50. The number of halogens is 1. The first-order valence-corrected chi connectivity index (χ1v) is 9.89. The largest absolute Gasteiger partial charge is 0.492 e. The van der Waals surface area contributed by atoms with Gasteiger partial charge < -0.3 is 14.6 Å². The standard InChI is InChI=1S/C21H23ClN4O2/c1-2-28-19-6-4-3-5-18(19)26-11-9-25(10-12-26)14-20-23-17-13-15(22)7-8-16(17)21(27)24-20/h3-8,13H,2,9-12,14H2,1H3,(H,23,24,27). The van der Waals surface area contributed by atoms with E-state index in [0.29, 0.717) is 34.9 Å². The van der Waals surface area contributed by atoms with Crippen molar-refractivity contribution in [1.29, 1.82) is 0 Å². The summed E-state index contributed by atoms with van der Waals surface area (Å²) < 4.78 is 5.76. The zero-order chi connectivity index (χ0) is 19.5. The molecule has 146 valence electrons. The van der Waals surface area contributed by atoms with Gasteiger partial charge in [0, 0.05) is 31.2 Å². The first kappa shape index (κ1) is 18.8.